The maximum absolute atomic E-state index is 13.5. The molecule has 1 aromatic carbocycles. The number of nitrogens with one attached hydrogen (secondary N) is 1. The molecule has 0 spiro atoms. The molecule has 1 atom stereocenters. The van der Waals surface area contributed by atoms with Gasteiger partial charge in [0.25, 0.3) is 0 Å². The Morgan fingerprint density at radius 1 is 1.17 bits per heavy atom. The number of nitrogens with zero attached hydrogens (tertiary/aromatic N) is 2. The first-order valence-electron chi connectivity index (χ1n) is 10.7. The number of anilines is 1. The Labute approximate surface area is 213 Å². The molecule has 1 amide bonds. The number of aromatic nitrogens is 2. The lowest BCUT2D eigenvalue weighted by molar-refractivity contribution is -0.141. The van der Waals surface area contributed by atoms with Crippen LogP contribution in [0.25, 0.3) is 11.3 Å². The van der Waals surface area contributed by atoms with Crippen molar-refractivity contribution < 1.29 is 32.3 Å². The van der Waals surface area contributed by atoms with Crippen molar-refractivity contribution in [3.8, 4) is 11.3 Å². The number of carbonyl (C=O) groups excluding carboxylic acids is 3. The fourth-order valence-corrected chi connectivity index (χ4v) is 5.07. The van der Waals surface area contributed by atoms with Crippen LogP contribution in [0.1, 0.15) is 52.1 Å². The second-order valence-corrected chi connectivity index (χ2v) is 9.90. The number of amides is 1. The molecule has 7 nitrogen and oxygen atoms in total. The highest BCUT2D eigenvalue weighted by atomic mass is 32.2. The van der Waals surface area contributed by atoms with Crippen molar-refractivity contribution in [2.45, 2.75) is 44.3 Å². The number of alkyl halides is 3. The van der Waals surface area contributed by atoms with Gasteiger partial charge >= 0.3 is 12.1 Å². The van der Waals surface area contributed by atoms with Crippen LogP contribution in [0.4, 0.5) is 18.2 Å². The number of thioether (sulfide) groups is 1. The van der Waals surface area contributed by atoms with Crippen LogP contribution in [0.15, 0.2) is 41.6 Å². The topological polar surface area (TPSA) is 98.2 Å². The molecule has 1 N–H and O–H groups in total. The average molecular weight is 538 g/mol. The number of hydrogen-bond acceptors (Lipinski definition) is 8. The molecule has 190 valence electrons. The SMILES string of the molecule is CCOC(=O)c1c(NC(=O)[C@H](C)Sc2nc(-c3ccccc3)cc(C(F)(F)F)n2)sc(C(C)=O)c1C. The van der Waals surface area contributed by atoms with E-state index in [1.807, 2.05) is 0 Å². The summed E-state index contributed by atoms with van der Waals surface area (Å²) in [6.07, 6.45) is -4.71. The number of carbonyl (C=O) groups is 3. The molecule has 0 radical (unpaired) electrons. The van der Waals surface area contributed by atoms with Crippen molar-refractivity contribution >= 4 is 45.8 Å². The third-order valence-electron chi connectivity index (χ3n) is 4.90. The predicted molar refractivity (Wildman–Crippen MR) is 131 cm³/mol. The standard InChI is InChI=1S/C24H22F3N3O4S2/c1-5-34-22(33)18-12(2)19(13(3)31)36-21(18)30-20(32)14(4)35-23-28-16(15-9-7-6-8-10-15)11-17(29-23)24(25,26)27/h6-11,14H,5H2,1-4H3,(H,30,32)/t14-/m0/s1. The first kappa shape index (κ1) is 27.3. The Kier molecular flexibility index (Phi) is 8.51. The number of halogens is 3. The summed E-state index contributed by atoms with van der Waals surface area (Å²) < 4.78 is 45.5. The number of ether oxygens (including phenoxy) is 1. The predicted octanol–water partition coefficient (Wildman–Crippen LogP) is 6.03. The molecule has 0 aliphatic rings. The zero-order valence-electron chi connectivity index (χ0n) is 19.7. The Hall–Kier alpha value is -3.25. The molecule has 0 saturated heterocycles. The molecule has 0 aliphatic heterocycles. The Bertz CT molecular complexity index is 1290. The largest absolute Gasteiger partial charge is 0.462 e. The fourth-order valence-electron chi connectivity index (χ4n) is 3.19. The molecule has 0 fully saturated rings. The smallest absolute Gasteiger partial charge is 0.433 e. The van der Waals surface area contributed by atoms with Crippen LogP contribution in [-0.2, 0) is 15.7 Å². The van der Waals surface area contributed by atoms with E-state index in [9.17, 15) is 27.6 Å². The quantitative estimate of drug-likeness (QED) is 0.162. The summed E-state index contributed by atoms with van der Waals surface area (Å²) in [5.74, 6) is -1.58. The molecule has 2 heterocycles. The number of benzene rings is 1. The summed E-state index contributed by atoms with van der Waals surface area (Å²) in [4.78, 5) is 45.5. The Balaban J connectivity index is 1.89. The van der Waals surface area contributed by atoms with Crippen molar-refractivity contribution in [3.05, 3.63) is 58.1 Å². The summed E-state index contributed by atoms with van der Waals surface area (Å²) in [6.45, 7) is 6.12. The summed E-state index contributed by atoms with van der Waals surface area (Å²) in [5.41, 5.74) is -0.141. The van der Waals surface area contributed by atoms with Crippen molar-refractivity contribution in [1.29, 1.82) is 0 Å². The van der Waals surface area contributed by atoms with Gasteiger partial charge in [-0.05, 0) is 39.3 Å². The van der Waals surface area contributed by atoms with Crippen LogP contribution in [0.3, 0.4) is 0 Å². The molecule has 2 aromatic heterocycles. The minimum absolute atomic E-state index is 0.0672. The number of hydrogen-bond donors (Lipinski definition) is 1. The van der Waals surface area contributed by atoms with Gasteiger partial charge in [-0.3, -0.25) is 9.59 Å². The van der Waals surface area contributed by atoms with E-state index in [1.54, 1.807) is 44.2 Å². The van der Waals surface area contributed by atoms with Gasteiger partial charge in [0.2, 0.25) is 5.91 Å². The van der Waals surface area contributed by atoms with E-state index in [-0.39, 0.29) is 33.8 Å². The zero-order chi connectivity index (χ0) is 26.6. The monoisotopic (exact) mass is 537 g/mol. The minimum atomic E-state index is -4.71. The van der Waals surface area contributed by atoms with Crippen molar-refractivity contribution in [2.24, 2.45) is 0 Å². The van der Waals surface area contributed by atoms with Gasteiger partial charge in [0, 0.05) is 5.56 Å². The summed E-state index contributed by atoms with van der Waals surface area (Å²) in [5, 5.41) is 1.57. The number of esters is 1. The maximum atomic E-state index is 13.5. The number of Topliss-reactive ketones (excluding diaryl/α,β-unsaturated/α-hetero) is 1. The normalized spacial score (nSPS) is 12.2. The molecule has 3 aromatic rings. The number of thiophene rings is 1. The van der Waals surface area contributed by atoms with Crippen LogP contribution >= 0.6 is 23.1 Å². The lowest BCUT2D eigenvalue weighted by Crippen LogP contribution is -2.23. The van der Waals surface area contributed by atoms with E-state index in [4.69, 9.17) is 4.74 Å². The van der Waals surface area contributed by atoms with Gasteiger partial charge in [0.1, 0.15) is 10.7 Å². The van der Waals surface area contributed by atoms with Gasteiger partial charge < -0.3 is 10.1 Å². The van der Waals surface area contributed by atoms with E-state index in [2.05, 4.69) is 15.3 Å². The third-order valence-corrected chi connectivity index (χ3v) is 7.17. The van der Waals surface area contributed by atoms with Crippen LogP contribution in [-0.4, -0.2) is 39.5 Å². The molecular formula is C24H22F3N3O4S2. The average Bonchev–Trinajstić information content (AvgIpc) is 3.15. The van der Waals surface area contributed by atoms with E-state index < -0.39 is 29.0 Å². The molecule has 0 unspecified atom stereocenters. The first-order chi connectivity index (χ1) is 16.9. The van der Waals surface area contributed by atoms with Crippen LogP contribution in [0, 0.1) is 6.92 Å². The van der Waals surface area contributed by atoms with Crippen molar-refractivity contribution in [3.63, 3.8) is 0 Å². The maximum Gasteiger partial charge on any atom is 0.433 e. The molecule has 36 heavy (non-hydrogen) atoms. The molecular weight excluding hydrogens is 515 g/mol. The molecule has 3 rings (SSSR count). The van der Waals surface area contributed by atoms with E-state index in [0.717, 1.165) is 29.2 Å². The lowest BCUT2D eigenvalue weighted by atomic mass is 10.1. The highest BCUT2D eigenvalue weighted by Crippen LogP contribution is 2.36. The lowest BCUT2D eigenvalue weighted by Gasteiger charge is -2.14. The van der Waals surface area contributed by atoms with Gasteiger partial charge in [-0.25, -0.2) is 14.8 Å². The van der Waals surface area contributed by atoms with Gasteiger partial charge in [-0.1, -0.05) is 42.1 Å². The summed E-state index contributed by atoms with van der Waals surface area (Å²) in [7, 11) is 0. The second-order valence-electron chi connectivity index (χ2n) is 7.57. The zero-order valence-corrected chi connectivity index (χ0v) is 21.4. The van der Waals surface area contributed by atoms with Crippen LogP contribution in [0.5, 0.6) is 0 Å². The van der Waals surface area contributed by atoms with Crippen molar-refractivity contribution in [1.82, 2.24) is 9.97 Å². The molecule has 12 heteroatoms. The van der Waals surface area contributed by atoms with Crippen LogP contribution in [0.2, 0.25) is 0 Å². The Morgan fingerprint density at radius 2 is 1.83 bits per heavy atom. The molecule has 0 aliphatic carbocycles. The highest BCUT2D eigenvalue weighted by Gasteiger charge is 2.34. The van der Waals surface area contributed by atoms with E-state index in [0.29, 0.717) is 16.0 Å². The third kappa shape index (κ3) is 6.30. The fraction of sp³-hybridized carbons (Fsp3) is 0.292. The van der Waals surface area contributed by atoms with Crippen LogP contribution < -0.4 is 5.32 Å². The van der Waals surface area contributed by atoms with Gasteiger partial charge in [0.15, 0.2) is 10.9 Å². The van der Waals surface area contributed by atoms with Gasteiger partial charge in [-0.2, -0.15) is 13.2 Å². The number of ketones is 1. The molecule has 0 saturated carbocycles. The minimum Gasteiger partial charge on any atom is -0.462 e. The Morgan fingerprint density at radius 3 is 2.42 bits per heavy atom. The van der Waals surface area contributed by atoms with E-state index >= 15 is 0 Å². The van der Waals surface area contributed by atoms with Gasteiger partial charge in [-0.15, -0.1) is 11.3 Å². The summed E-state index contributed by atoms with van der Waals surface area (Å²) >= 11 is 1.67. The van der Waals surface area contributed by atoms with Crippen molar-refractivity contribution in [2.75, 3.05) is 11.9 Å². The highest BCUT2D eigenvalue weighted by molar-refractivity contribution is 8.00. The summed E-state index contributed by atoms with van der Waals surface area (Å²) in [6, 6.07) is 9.17. The first-order valence-corrected chi connectivity index (χ1v) is 12.4. The van der Waals surface area contributed by atoms with E-state index in [1.165, 1.54) is 13.8 Å². The second kappa shape index (κ2) is 11.2. The molecule has 0 bridgehead atoms. The number of rotatable bonds is 8. The van der Waals surface area contributed by atoms with Gasteiger partial charge in [0.05, 0.1) is 28.0 Å².